The van der Waals surface area contributed by atoms with Gasteiger partial charge in [-0.05, 0) is 36.8 Å². The number of aromatic nitrogens is 1. The second-order valence-electron chi connectivity index (χ2n) is 6.44. The molecule has 1 fully saturated rings. The maximum absolute atomic E-state index is 11.2. The summed E-state index contributed by atoms with van der Waals surface area (Å²) in [5, 5.41) is 13.1. The number of anilines is 1. The fraction of sp³-hybridized carbons (Fsp3) is 0.250. The van der Waals surface area contributed by atoms with Gasteiger partial charge in [-0.25, -0.2) is 4.79 Å². The van der Waals surface area contributed by atoms with Crippen molar-refractivity contribution in [3.63, 3.8) is 0 Å². The van der Waals surface area contributed by atoms with E-state index in [1.807, 2.05) is 41.3 Å². The Morgan fingerprint density at radius 3 is 2.78 bits per heavy atom. The Kier molecular flexibility index (Phi) is 4.62. The third-order valence-corrected chi connectivity index (χ3v) is 4.69. The molecular weight excluding hydrogens is 344 g/mol. The molecule has 1 N–H and O–H groups in total. The molecule has 0 aliphatic carbocycles. The van der Waals surface area contributed by atoms with Crippen molar-refractivity contribution in [2.75, 3.05) is 18.0 Å². The molecule has 4 rings (SSSR count). The molecule has 2 aromatic rings. The van der Waals surface area contributed by atoms with Gasteiger partial charge in [-0.3, -0.25) is 9.88 Å². The van der Waals surface area contributed by atoms with Gasteiger partial charge in [0.05, 0.1) is 0 Å². The highest BCUT2D eigenvalue weighted by Gasteiger charge is 2.38. The topological polar surface area (TPSA) is 78.3 Å². The van der Waals surface area contributed by atoms with Crippen molar-refractivity contribution in [1.29, 1.82) is 0 Å². The van der Waals surface area contributed by atoms with Gasteiger partial charge in [0.2, 0.25) is 6.23 Å². The van der Waals surface area contributed by atoms with Crippen LogP contribution in [0, 0.1) is 17.8 Å². The summed E-state index contributed by atoms with van der Waals surface area (Å²) in [6.45, 7) is 0.965. The lowest BCUT2D eigenvalue weighted by Gasteiger charge is -2.26. The fourth-order valence-corrected chi connectivity index (χ4v) is 3.30. The molecule has 2 unspecified atom stereocenters. The van der Waals surface area contributed by atoms with Gasteiger partial charge in [-0.1, -0.05) is 23.1 Å². The lowest BCUT2D eigenvalue weighted by molar-refractivity contribution is 0.0444. The zero-order chi connectivity index (χ0) is 18.6. The summed E-state index contributed by atoms with van der Waals surface area (Å²) in [6.07, 6.45) is 4.62. The van der Waals surface area contributed by atoms with Gasteiger partial charge < -0.3 is 14.8 Å². The standard InChI is InChI=1S/C20H18N4O3/c25-20(26)23-11-8-17(13-23)19-24(14-22-27-19)18-3-1-2-16(12-18)5-4-15-6-9-21-10-7-15/h1-3,6-7,9-10,12,14,17,19H,8,11,13H2,(H,25,26). The van der Waals surface area contributed by atoms with Gasteiger partial charge in [0.25, 0.3) is 0 Å². The Balaban J connectivity index is 1.52. The van der Waals surface area contributed by atoms with Crippen LogP contribution in [-0.4, -0.2) is 46.7 Å². The first kappa shape index (κ1) is 16.9. The number of carbonyl (C=O) groups is 1. The average Bonchev–Trinajstić information content (AvgIpc) is 3.36. The maximum atomic E-state index is 11.2. The highest BCUT2D eigenvalue weighted by molar-refractivity contribution is 5.81. The van der Waals surface area contributed by atoms with Crippen LogP contribution < -0.4 is 4.90 Å². The minimum atomic E-state index is -0.892. The molecule has 2 atom stereocenters. The van der Waals surface area contributed by atoms with Gasteiger partial charge in [-0.15, -0.1) is 0 Å². The second kappa shape index (κ2) is 7.38. The summed E-state index contributed by atoms with van der Waals surface area (Å²) in [5.41, 5.74) is 2.69. The number of rotatable bonds is 2. The molecule has 1 aromatic heterocycles. The van der Waals surface area contributed by atoms with Crippen LogP contribution in [0.3, 0.4) is 0 Å². The van der Waals surface area contributed by atoms with E-state index < -0.39 is 6.09 Å². The third-order valence-electron chi connectivity index (χ3n) is 4.69. The molecule has 1 aromatic carbocycles. The van der Waals surface area contributed by atoms with E-state index in [1.54, 1.807) is 18.7 Å². The van der Waals surface area contributed by atoms with Crippen molar-refractivity contribution in [2.45, 2.75) is 12.6 Å². The van der Waals surface area contributed by atoms with Crippen LogP contribution in [0.4, 0.5) is 10.5 Å². The quantitative estimate of drug-likeness (QED) is 0.831. The molecular formula is C20H18N4O3. The minimum absolute atomic E-state index is 0.0650. The summed E-state index contributed by atoms with van der Waals surface area (Å²) < 4.78 is 0. The molecule has 0 bridgehead atoms. The summed E-state index contributed by atoms with van der Waals surface area (Å²) in [5.74, 6) is 6.34. The highest BCUT2D eigenvalue weighted by atomic mass is 16.7. The predicted octanol–water partition coefficient (Wildman–Crippen LogP) is 2.59. The zero-order valence-electron chi connectivity index (χ0n) is 14.5. The largest absolute Gasteiger partial charge is 0.465 e. The van der Waals surface area contributed by atoms with Gasteiger partial charge in [-0.2, -0.15) is 0 Å². The number of oxime groups is 1. The van der Waals surface area contributed by atoms with Gasteiger partial charge in [0.1, 0.15) is 6.34 Å². The van der Waals surface area contributed by atoms with Crippen LogP contribution in [0.25, 0.3) is 0 Å². The Morgan fingerprint density at radius 2 is 2.00 bits per heavy atom. The zero-order valence-corrected chi connectivity index (χ0v) is 14.5. The molecule has 0 spiro atoms. The van der Waals surface area contributed by atoms with Crippen LogP contribution in [0.1, 0.15) is 17.5 Å². The molecule has 2 aliphatic heterocycles. The number of carboxylic acid groups (broad SMARTS) is 1. The molecule has 27 heavy (non-hydrogen) atoms. The predicted molar refractivity (Wildman–Crippen MR) is 100 cm³/mol. The number of likely N-dealkylation sites (tertiary alicyclic amines) is 1. The van der Waals surface area contributed by atoms with Gasteiger partial charge in [0.15, 0.2) is 0 Å². The molecule has 1 saturated heterocycles. The molecule has 1 amide bonds. The first-order valence-corrected chi connectivity index (χ1v) is 8.68. The van der Waals surface area contributed by atoms with E-state index in [2.05, 4.69) is 22.0 Å². The number of pyridine rings is 1. The minimum Gasteiger partial charge on any atom is -0.465 e. The molecule has 136 valence electrons. The van der Waals surface area contributed by atoms with Crippen molar-refractivity contribution >= 4 is 18.1 Å². The molecule has 2 aliphatic rings. The number of amides is 1. The van der Waals surface area contributed by atoms with Gasteiger partial charge >= 0.3 is 6.09 Å². The number of hydrogen-bond donors (Lipinski definition) is 1. The molecule has 7 nitrogen and oxygen atoms in total. The van der Waals surface area contributed by atoms with Crippen LogP contribution >= 0.6 is 0 Å². The monoisotopic (exact) mass is 362 g/mol. The van der Waals surface area contributed by atoms with E-state index in [-0.39, 0.29) is 12.1 Å². The van der Waals surface area contributed by atoms with Crippen LogP contribution in [-0.2, 0) is 4.84 Å². The molecule has 0 radical (unpaired) electrons. The lowest BCUT2D eigenvalue weighted by atomic mass is 10.1. The van der Waals surface area contributed by atoms with Crippen molar-refractivity contribution in [3.05, 3.63) is 59.9 Å². The fourth-order valence-electron chi connectivity index (χ4n) is 3.30. The summed E-state index contributed by atoms with van der Waals surface area (Å²) in [4.78, 5) is 24.0. The number of nitrogens with zero attached hydrogens (tertiary/aromatic N) is 4. The summed E-state index contributed by atoms with van der Waals surface area (Å²) in [7, 11) is 0. The smallest absolute Gasteiger partial charge is 0.407 e. The van der Waals surface area contributed by atoms with Gasteiger partial charge in [0, 0.05) is 48.2 Å². The maximum Gasteiger partial charge on any atom is 0.407 e. The number of hydrogen-bond acceptors (Lipinski definition) is 5. The molecule has 3 heterocycles. The lowest BCUT2D eigenvalue weighted by Crippen LogP contribution is -2.39. The van der Waals surface area contributed by atoms with E-state index >= 15 is 0 Å². The second-order valence-corrected chi connectivity index (χ2v) is 6.44. The first-order chi connectivity index (χ1) is 13.2. The Labute approximate surface area is 156 Å². The van der Waals surface area contributed by atoms with Crippen LogP contribution in [0.2, 0.25) is 0 Å². The Morgan fingerprint density at radius 1 is 1.19 bits per heavy atom. The van der Waals surface area contributed by atoms with Crippen molar-refractivity contribution < 1.29 is 14.7 Å². The third kappa shape index (κ3) is 3.70. The summed E-state index contributed by atoms with van der Waals surface area (Å²) >= 11 is 0. The normalized spacial score (nSPS) is 20.9. The average molecular weight is 362 g/mol. The van der Waals surface area contributed by atoms with Crippen molar-refractivity contribution in [1.82, 2.24) is 9.88 Å². The van der Waals surface area contributed by atoms with Crippen LogP contribution in [0.15, 0.2) is 53.9 Å². The highest BCUT2D eigenvalue weighted by Crippen LogP contribution is 2.30. The molecule has 0 saturated carbocycles. The Hall–Kier alpha value is -3.53. The number of benzene rings is 1. The van der Waals surface area contributed by atoms with E-state index in [0.717, 1.165) is 23.2 Å². The van der Waals surface area contributed by atoms with Crippen LogP contribution in [0.5, 0.6) is 0 Å². The van der Waals surface area contributed by atoms with E-state index in [0.29, 0.717) is 13.1 Å². The first-order valence-electron chi connectivity index (χ1n) is 8.68. The van der Waals surface area contributed by atoms with E-state index in [1.165, 1.54) is 4.90 Å². The van der Waals surface area contributed by atoms with E-state index in [9.17, 15) is 4.79 Å². The van der Waals surface area contributed by atoms with Crippen molar-refractivity contribution in [2.24, 2.45) is 11.1 Å². The van der Waals surface area contributed by atoms with E-state index in [4.69, 9.17) is 9.94 Å². The summed E-state index contributed by atoms with van der Waals surface area (Å²) in [6, 6.07) is 11.6. The van der Waals surface area contributed by atoms with Crippen molar-refractivity contribution in [3.8, 4) is 11.8 Å². The SMILES string of the molecule is O=C(O)N1CCC(C2ON=CN2c2cccc(C#Cc3ccncc3)c2)C1. The Bertz CT molecular complexity index is 920. The molecule has 7 heteroatoms.